The molecular weight excluding hydrogens is 184 g/mol. The van der Waals surface area contributed by atoms with Gasteiger partial charge in [-0.1, -0.05) is 13.3 Å². The Morgan fingerprint density at radius 2 is 1.87 bits per heavy atom. The summed E-state index contributed by atoms with van der Waals surface area (Å²) in [6.45, 7) is 8.69. The first kappa shape index (κ1) is 11.4. The Balaban J connectivity index is 1.56. The number of likely N-dealkylation sites (tertiary alicyclic amines) is 1. The number of piperidine rings is 1. The van der Waals surface area contributed by atoms with E-state index in [4.69, 9.17) is 0 Å². The average molecular weight is 210 g/mol. The van der Waals surface area contributed by atoms with Crippen LogP contribution in [0.15, 0.2) is 0 Å². The molecule has 1 aliphatic carbocycles. The van der Waals surface area contributed by atoms with Gasteiger partial charge in [0, 0.05) is 26.2 Å². The van der Waals surface area contributed by atoms with Gasteiger partial charge in [-0.05, 0) is 44.1 Å². The van der Waals surface area contributed by atoms with Gasteiger partial charge in [-0.2, -0.15) is 0 Å². The quantitative estimate of drug-likeness (QED) is 0.676. The van der Waals surface area contributed by atoms with E-state index < -0.39 is 0 Å². The predicted molar refractivity (Wildman–Crippen MR) is 65.0 cm³/mol. The van der Waals surface area contributed by atoms with E-state index in [0.717, 1.165) is 11.8 Å². The van der Waals surface area contributed by atoms with E-state index >= 15 is 0 Å². The molecular formula is C13H26N2. The van der Waals surface area contributed by atoms with Crippen molar-refractivity contribution in [3.63, 3.8) is 0 Å². The molecule has 1 saturated heterocycles. The Morgan fingerprint density at radius 1 is 1.13 bits per heavy atom. The minimum Gasteiger partial charge on any atom is -0.315 e. The van der Waals surface area contributed by atoms with Gasteiger partial charge < -0.3 is 10.2 Å². The van der Waals surface area contributed by atoms with Crippen molar-refractivity contribution in [1.29, 1.82) is 0 Å². The number of nitrogens with one attached hydrogen (secondary N) is 1. The summed E-state index contributed by atoms with van der Waals surface area (Å²) in [5.74, 6) is 2.08. The minimum absolute atomic E-state index is 1.04. The molecule has 0 radical (unpaired) electrons. The van der Waals surface area contributed by atoms with Gasteiger partial charge in [0.1, 0.15) is 0 Å². The van der Waals surface area contributed by atoms with Crippen molar-refractivity contribution in [1.82, 2.24) is 10.2 Å². The van der Waals surface area contributed by atoms with Gasteiger partial charge in [-0.15, -0.1) is 0 Å². The molecule has 2 heteroatoms. The normalized spacial score (nSPS) is 31.0. The van der Waals surface area contributed by atoms with Crippen LogP contribution >= 0.6 is 0 Å². The number of fused-ring (bicyclic) bond motifs is 2. The highest BCUT2D eigenvalue weighted by molar-refractivity contribution is 4.85. The molecule has 2 bridgehead atoms. The maximum absolute atomic E-state index is 3.54. The highest BCUT2D eigenvalue weighted by Gasteiger charge is 2.32. The van der Waals surface area contributed by atoms with Crippen molar-refractivity contribution < 1.29 is 0 Å². The highest BCUT2D eigenvalue weighted by Crippen LogP contribution is 2.35. The molecule has 88 valence electrons. The van der Waals surface area contributed by atoms with Crippen LogP contribution in [-0.4, -0.2) is 37.6 Å². The van der Waals surface area contributed by atoms with Crippen LogP contribution in [0.25, 0.3) is 0 Å². The second-order valence-electron chi connectivity index (χ2n) is 5.41. The molecule has 0 amide bonds. The van der Waals surface area contributed by atoms with Gasteiger partial charge in [0.25, 0.3) is 0 Å². The first-order chi connectivity index (χ1) is 7.38. The van der Waals surface area contributed by atoms with Crippen LogP contribution in [0.4, 0.5) is 0 Å². The fourth-order valence-corrected chi connectivity index (χ4v) is 3.16. The summed E-state index contributed by atoms with van der Waals surface area (Å²) in [7, 11) is 0. The van der Waals surface area contributed by atoms with E-state index in [1.54, 1.807) is 0 Å². The monoisotopic (exact) mass is 210 g/mol. The lowest BCUT2D eigenvalue weighted by Crippen LogP contribution is -2.40. The lowest BCUT2D eigenvalue weighted by atomic mass is 9.99. The molecule has 2 rings (SSSR count). The molecule has 2 aliphatic rings. The molecule has 1 heterocycles. The van der Waals surface area contributed by atoms with Crippen molar-refractivity contribution in [2.45, 2.75) is 39.0 Å². The van der Waals surface area contributed by atoms with Crippen LogP contribution in [0.2, 0.25) is 0 Å². The largest absolute Gasteiger partial charge is 0.315 e. The van der Waals surface area contributed by atoms with Gasteiger partial charge in [-0.25, -0.2) is 0 Å². The van der Waals surface area contributed by atoms with E-state index in [2.05, 4.69) is 17.1 Å². The van der Waals surface area contributed by atoms with Crippen LogP contribution in [-0.2, 0) is 0 Å². The topological polar surface area (TPSA) is 15.3 Å². The highest BCUT2D eigenvalue weighted by atomic mass is 15.2. The van der Waals surface area contributed by atoms with Crippen molar-refractivity contribution in [2.24, 2.45) is 11.8 Å². The third-order valence-electron chi connectivity index (χ3n) is 3.99. The van der Waals surface area contributed by atoms with Crippen LogP contribution in [0.3, 0.4) is 0 Å². The first-order valence-electron chi connectivity index (χ1n) is 6.81. The molecule has 0 aromatic heterocycles. The Labute approximate surface area is 94.4 Å². The zero-order chi connectivity index (χ0) is 10.5. The van der Waals surface area contributed by atoms with E-state index in [-0.39, 0.29) is 0 Å². The fourth-order valence-electron chi connectivity index (χ4n) is 3.16. The molecule has 2 nitrogen and oxygen atoms in total. The number of unbranched alkanes of at least 4 members (excludes halogenated alkanes) is 1. The van der Waals surface area contributed by atoms with Crippen molar-refractivity contribution in [3.05, 3.63) is 0 Å². The van der Waals surface area contributed by atoms with Gasteiger partial charge >= 0.3 is 0 Å². The lowest BCUT2D eigenvalue weighted by Gasteiger charge is -2.31. The van der Waals surface area contributed by atoms with Gasteiger partial charge in [-0.3, -0.25) is 0 Å². The van der Waals surface area contributed by atoms with E-state index in [1.165, 1.54) is 64.8 Å². The maximum atomic E-state index is 3.54. The smallest absolute Gasteiger partial charge is 0.0107 e. The van der Waals surface area contributed by atoms with E-state index in [9.17, 15) is 0 Å². The Morgan fingerprint density at radius 3 is 2.53 bits per heavy atom. The molecule has 15 heavy (non-hydrogen) atoms. The van der Waals surface area contributed by atoms with Crippen LogP contribution in [0.1, 0.15) is 39.0 Å². The summed E-state index contributed by atoms with van der Waals surface area (Å²) >= 11 is 0. The molecule has 1 saturated carbocycles. The van der Waals surface area contributed by atoms with Crippen molar-refractivity contribution in [2.75, 3.05) is 32.7 Å². The number of rotatable bonds is 6. The molecule has 0 aromatic carbocycles. The lowest BCUT2D eigenvalue weighted by molar-refractivity contribution is 0.169. The Bertz CT molecular complexity index is 169. The molecule has 2 unspecified atom stereocenters. The first-order valence-corrected chi connectivity index (χ1v) is 6.81. The predicted octanol–water partition coefficient (Wildman–Crippen LogP) is 2.11. The number of hydrogen-bond donors (Lipinski definition) is 1. The third kappa shape index (κ3) is 3.46. The summed E-state index contributed by atoms with van der Waals surface area (Å²) in [4.78, 5) is 2.69. The van der Waals surface area contributed by atoms with Gasteiger partial charge in [0.2, 0.25) is 0 Å². The maximum Gasteiger partial charge on any atom is 0.0107 e. The molecule has 0 aromatic rings. The second-order valence-corrected chi connectivity index (χ2v) is 5.41. The van der Waals surface area contributed by atoms with Crippen LogP contribution in [0.5, 0.6) is 0 Å². The molecule has 1 N–H and O–H groups in total. The third-order valence-corrected chi connectivity index (χ3v) is 3.99. The molecule has 0 spiro atoms. The molecule has 2 atom stereocenters. The summed E-state index contributed by atoms with van der Waals surface area (Å²) in [6.07, 6.45) is 7.17. The van der Waals surface area contributed by atoms with Crippen molar-refractivity contribution in [3.8, 4) is 0 Å². The van der Waals surface area contributed by atoms with Gasteiger partial charge in [0.15, 0.2) is 0 Å². The van der Waals surface area contributed by atoms with Gasteiger partial charge in [0.05, 0.1) is 0 Å². The Hall–Kier alpha value is -0.0800. The summed E-state index contributed by atoms with van der Waals surface area (Å²) in [5.41, 5.74) is 0. The summed E-state index contributed by atoms with van der Waals surface area (Å²) in [5, 5.41) is 3.54. The Kier molecular flexibility index (Phi) is 4.45. The summed E-state index contributed by atoms with van der Waals surface area (Å²) in [6, 6.07) is 0. The van der Waals surface area contributed by atoms with E-state index in [0.29, 0.717) is 0 Å². The second kappa shape index (κ2) is 5.86. The fraction of sp³-hybridized carbons (Fsp3) is 1.00. The molecule has 2 fully saturated rings. The molecule has 1 aliphatic heterocycles. The van der Waals surface area contributed by atoms with Crippen LogP contribution < -0.4 is 5.32 Å². The van der Waals surface area contributed by atoms with Crippen molar-refractivity contribution >= 4 is 0 Å². The number of nitrogens with zero attached hydrogens (tertiary/aromatic N) is 1. The van der Waals surface area contributed by atoms with E-state index in [1.807, 2.05) is 0 Å². The number of hydrogen-bond acceptors (Lipinski definition) is 2. The van der Waals surface area contributed by atoms with Crippen LogP contribution in [0, 0.1) is 11.8 Å². The zero-order valence-corrected chi connectivity index (χ0v) is 10.2. The standard InChI is InChI=1S/C13H26N2/c1-2-3-6-14-7-8-15-10-12-4-5-13(9-12)11-15/h12-14H,2-11H2,1H3. The average Bonchev–Trinajstić information content (AvgIpc) is 2.58. The zero-order valence-electron chi connectivity index (χ0n) is 10.2. The SMILES string of the molecule is CCCCNCCN1CC2CCC(C2)C1. The summed E-state index contributed by atoms with van der Waals surface area (Å²) < 4.78 is 0. The minimum atomic E-state index is 1.04.